The third kappa shape index (κ3) is 4.67. The molecule has 3 aromatic rings. The second-order valence-electron chi connectivity index (χ2n) is 14.5. The average Bonchev–Trinajstić information content (AvgIpc) is 3.60. The van der Waals surface area contributed by atoms with E-state index < -0.39 is 0 Å². The van der Waals surface area contributed by atoms with Crippen LogP contribution in [-0.4, -0.2) is 87.9 Å². The van der Waals surface area contributed by atoms with Crippen LogP contribution in [0.4, 0.5) is 5.69 Å². The molecule has 0 radical (unpaired) electrons. The van der Waals surface area contributed by atoms with Crippen molar-refractivity contribution in [2.24, 2.45) is 11.3 Å². The van der Waals surface area contributed by atoms with Gasteiger partial charge in [0, 0.05) is 49.4 Å². The minimum absolute atomic E-state index is 0.0307. The summed E-state index contributed by atoms with van der Waals surface area (Å²) >= 11 is 1.39. The van der Waals surface area contributed by atoms with E-state index in [0.717, 1.165) is 47.9 Å². The minimum atomic E-state index is -0.337. The summed E-state index contributed by atoms with van der Waals surface area (Å²) in [5, 5.41) is 15.0. The van der Waals surface area contributed by atoms with Crippen molar-refractivity contribution in [2.75, 3.05) is 50.9 Å². The Kier molecular flexibility index (Phi) is 6.92. The number of pyridine rings is 2. The Bertz CT molecular complexity index is 1930. The number of nitrogens with one attached hydrogen (secondary N) is 1. The molecule has 0 aromatic carbocycles. The van der Waals surface area contributed by atoms with Gasteiger partial charge in [-0.15, -0.1) is 11.3 Å². The molecule has 1 saturated heterocycles. The average molecular weight is 673 g/mol. The third-order valence-corrected chi connectivity index (χ3v) is 12.6. The van der Waals surface area contributed by atoms with Gasteiger partial charge in [0.05, 0.1) is 26.0 Å². The van der Waals surface area contributed by atoms with E-state index in [0.29, 0.717) is 91.6 Å². The number of rotatable bonds is 8. The number of anilines is 1. The lowest BCUT2D eigenvalue weighted by molar-refractivity contribution is -0.176. The van der Waals surface area contributed by atoms with Crippen molar-refractivity contribution in [1.29, 1.82) is 0 Å². The number of piperazine rings is 1. The van der Waals surface area contributed by atoms with Crippen molar-refractivity contribution in [3.63, 3.8) is 0 Å². The predicted octanol–water partition coefficient (Wildman–Crippen LogP) is 3.27. The van der Waals surface area contributed by atoms with Crippen molar-refractivity contribution >= 4 is 44.8 Å². The van der Waals surface area contributed by atoms with Crippen LogP contribution in [0.2, 0.25) is 0 Å². The van der Waals surface area contributed by atoms with Gasteiger partial charge in [0.25, 0.3) is 5.91 Å². The van der Waals surface area contributed by atoms with Crippen LogP contribution in [0.1, 0.15) is 72.2 Å². The number of carbonyl (C=O) groups is 2. The lowest BCUT2D eigenvalue weighted by atomic mass is 9.37. The third-order valence-electron chi connectivity index (χ3n) is 11.5. The maximum absolute atomic E-state index is 14.4. The van der Waals surface area contributed by atoms with Gasteiger partial charge in [-0.25, -0.2) is 9.97 Å². The first-order valence-electron chi connectivity index (χ1n) is 17.3. The van der Waals surface area contributed by atoms with E-state index in [-0.39, 0.29) is 40.8 Å². The van der Waals surface area contributed by atoms with Crippen molar-refractivity contribution < 1.29 is 24.2 Å². The number of hydrogen-bond acceptors (Lipinski definition) is 10. The highest BCUT2D eigenvalue weighted by Crippen LogP contribution is 2.75. The molecular weight excluding hydrogens is 632 g/mol. The Labute approximate surface area is 281 Å². The zero-order chi connectivity index (χ0) is 32.8. The van der Waals surface area contributed by atoms with E-state index >= 15 is 0 Å². The van der Waals surface area contributed by atoms with Crippen LogP contribution in [0.5, 0.6) is 11.5 Å². The molecule has 2 bridgehead atoms. The van der Waals surface area contributed by atoms with Gasteiger partial charge < -0.3 is 34.3 Å². The molecule has 2 amide bonds. The summed E-state index contributed by atoms with van der Waals surface area (Å²) in [6.45, 7) is 5.28. The largest absolute Gasteiger partial charge is 0.505 e. The highest BCUT2D eigenvalue weighted by Gasteiger charge is 2.72. The van der Waals surface area contributed by atoms with Gasteiger partial charge in [0.2, 0.25) is 11.3 Å². The molecule has 5 fully saturated rings. The van der Waals surface area contributed by atoms with Gasteiger partial charge in [-0.3, -0.25) is 14.4 Å². The van der Waals surface area contributed by atoms with E-state index in [2.05, 4.69) is 15.2 Å². The highest BCUT2D eigenvalue weighted by molar-refractivity contribution is 7.19. The Morgan fingerprint density at radius 3 is 2.62 bits per heavy atom. The van der Waals surface area contributed by atoms with Crippen LogP contribution >= 0.6 is 11.3 Å². The van der Waals surface area contributed by atoms with Crippen LogP contribution in [0.3, 0.4) is 0 Å². The molecule has 48 heavy (non-hydrogen) atoms. The monoisotopic (exact) mass is 672 g/mol. The van der Waals surface area contributed by atoms with Crippen LogP contribution in [0, 0.1) is 11.3 Å². The first-order valence-corrected chi connectivity index (χ1v) is 18.1. The number of nitrogens with zero attached hydrogens (tertiary/aromatic N) is 5. The smallest absolute Gasteiger partial charge is 0.276 e. The van der Waals surface area contributed by atoms with E-state index in [9.17, 15) is 19.5 Å². The van der Waals surface area contributed by atoms with Crippen LogP contribution < -0.4 is 20.4 Å². The van der Waals surface area contributed by atoms with E-state index in [4.69, 9.17) is 14.5 Å². The van der Waals surface area contributed by atoms with Gasteiger partial charge in [0.1, 0.15) is 27.7 Å². The predicted molar refractivity (Wildman–Crippen MR) is 180 cm³/mol. The summed E-state index contributed by atoms with van der Waals surface area (Å²) in [6, 6.07) is 0. The first-order chi connectivity index (χ1) is 23.3. The number of hydrogen-bond donors (Lipinski definition) is 2. The van der Waals surface area contributed by atoms with Crippen molar-refractivity contribution in [3.8, 4) is 11.5 Å². The first kappa shape index (κ1) is 30.1. The molecule has 0 atom stereocenters. The van der Waals surface area contributed by atoms with Gasteiger partial charge in [-0.05, 0) is 61.9 Å². The maximum atomic E-state index is 14.4. The summed E-state index contributed by atoms with van der Waals surface area (Å²) in [7, 11) is 0. The Morgan fingerprint density at radius 1 is 1.12 bits per heavy atom. The molecule has 0 spiro atoms. The molecule has 6 heterocycles. The van der Waals surface area contributed by atoms with Crippen LogP contribution in [-0.2, 0) is 28.9 Å². The molecule has 4 aliphatic carbocycles. The van der Waals surface area contributed by atoms with E-state index in [1.54, 1.807) is 4.90 Å². The quantitative estimate of drug-likeness (QED) is 0.369. The van der Waals surface area contributed by atoms with Crippen molar-refractivity contribution in [2.45, 2.75) is 70.4 Å². The second-order valence-corrected chi connectivity index (χ2v) is 15.5. The van der Waals surface area contributed by atoms with E-state index in [1.165, 1.54) is 30.4 Å². The molecule has 10 rings (SSSR count). The Hall–Kier alpha value is -3.97. The number of fused-ring (bicyclic) bond motifs is 2. The van der Waals surface area contributed by atoms with Crippen molar-refractivity contribution in [1.82, 2.24) is 24.8 Å². The molecule has 7 aliphatic rings. The van der Waals surface area contributed by atoms with Gasteiger partial charge in [0.15, 0.2) is 17.1 Å². The van der Waals surface area contributed by atoms with Gasteiger partial charge in [-0.1, -0.05) is 13.0 Å². The lowest BCUT2D eigenvalue weighted by Crippen LogP contribution is -2.75. The maximum Gasteiger partial charge on any atom is 0.276 e. The normalized spacial score (nSPS) is 26.0. The molecule has 252 valence electrons. The second kappa shape index (κ2) is 11.0. The van der Waals surface area contributed by atoms with Crippen LogP contribution in [0.25, 0.3) is 15.9 Å². The molecule has 13 heteroatoms. The standard InChI is InChI=1S/C35H40N6O6S/c1-2-23-27(39-8-10-40(11-9-39)33(45)26-28(43)22-7-14-47-24(22)15-36-26)29(44)30-31(37-32(48-30)20-5-12-46-13-6-20)41(23)16-25(42)38-35-17-34(18-35,19-35)21-3-4-21/h5,15,21,43H,2-4,6-14,16-19H2,1H3,(H,38,42). The zero-order valence-corrected chi connectivity index (χ0v) is 28.0. The molecule has 4 saturated carbocycles. The molecule has 12 nitrogen and oxygen atoms in total. The Balaban J connectivity index is 1.01. The Morgan fingerprint density at radius 2 is 1.92 bits per heavy atom. The van der Waals surface area contributed by atoms with Gasteiger partial charge >= 0.3 is 0 Å². The molecule has 2 N–H and O–H groups in total. The topological polar surface area (TPSA) is 139 Å². The zero-order valence-electron chi connectivity index (χ0n) is 27.2. The fourth-order valence-corrected chi connectivity index (χ4v) is 10.1. The molecule has 3 aromatic heterocycles. The summed E-state index contributed by atoms with van der Waals surface area (Å²) < 4.78 is 13.5. The summed E-state index contributed by atoms with van der Waals surface area (Å²) in [4.78, 5) is 54.5. The molecular formula is C35H40N6O6S. The van der Waals surface area contributed by atoms with E-state index in [1.807, 2.05) is 17.6 Å². The number of aromatic nitrogens is 3. The highest BCUT2D eigenvalue weighted by atomic mass is 32.1. The molecule has 3 aliphatic heterocycles. The SMILES string of the molecule is CCc1c(N2CCN(C(=O)c3ncc4c(c3O)CCO4)CC2)c(=O)c2sc(C3=CCOCC3)nc2n1CC(=O)NC12CC(C3CC3)(C1)C2. The molecule has 0 unspecified atom stereocenters. The lowest BCUT2D eigenvalue weighted by Gasteiger charge is -2.71. The number of thiazole rings is 1. The number of carbonyl (C=O) groups excluding carboxylic acids is 2. The van der Waals surface area contributed by atoms with Gasteiger partial charge in [-0.2, -0.15) is 0 Å². The fourth-order valence-electron chi connectivity index (χ4n) is 9.05. The minimum Gasteiger partial charge on any atom is -0.505 e. The summed E-state index contributed by atoms with van der Waals surface area (Å²) in [6.07, 6.45) is 11.3. The summed E-state index contributed by atoms with van der Waals surface area (Å²) in [5.74, 6) is 0.896. The fraction of sp³-hybridized carbons (Fsp3) is 0.571. The number of amides is 2. The summed E-state index contributed by atoms with van der Waals surface area (Å²) in [5.41, 5.74) is 3.97. The number of ether oxygens (including phenoxy) is 2. The van der Waals surface area contributed by atoms with Crippen LogP contribution in [0.15, 0.2) is 17.1 Å². The number of aromatic hydroxyl groups is 1. The van der Waals surface area contributed by atoms with Crippen molar-refractivity contribution in [3.05, 3.63) is 44.5 Å².